The summed E-state index contributed by atoms with van der Waals surface area (Å²) in [6, 6.07) is 8.09. The maximum atomic E-state index is 13.4. The minimum Gasteiger partial charge on any atom is -0.383 e. The van der Waals surface area contributed by atoms with E-state index in [4.69, 9.17) is 10.8 Å². The molecule has 1 aliphatic carbocycles. The van der Waals surface area contributed by atoms with Gasteiger partial charge in [0.2, 0.25) is 5.95 Å². The SMILES string of the molecule is CC#CC(=O)N[C@H]1C[C@@H](n2nc(-c3cnc(Nc4cccc(F)c4)nc3)c3c(N)nccc32)C1. The Morgan fingerprint density at radius 2 is 2.00 bits per heavy atom. The lowest BCUT2D eigenvalue weighted by molar-refractivity contribution is -0.117. The van der Waals surface area contributed by atoms with Crippen LogP contribution in [0.5, 0.6) is 0 Å². The van der Waals surface area contributed by atoms with Crippen LogP contribution in [0.4, 0.5) is 21.8 Å². The Morgan fingerprint density at radius 3 is 2.74 bits per heavy atom. The lowest BCUT2D eigenvalue weighted by Crippen LogP contribution is -2.44. The number of halogens is 1. The van der Waals surface area contributed by atoms with Crippen LogP contribution in [0, 0.1) is 17.7 Å². The predicted octanol–water partition coefficient (Wildman–Crippen LogP) is 3.20. The fraction of sp³-hybridized carbons (Fsp3) is 0.208. The van der Waals surface area contributed by atoms with Crippen molar-refractivity contribution < 1.29 is 9.18 Å². The third-order valence-corrected chi connectivity index (χ3v) is 5.69. The van der Waals surface area contributed by atoms with Gasteiger partial charge >= 0.3 is 0 Å². The normalized spacial score (nSPS) is 16.9. The zero-order chi connectivity index (χ0) is 23.7. The van der Waals surface area contributed by atoms with E-state index in [0.29, 0.717) is 28.7 Å². The van der Waals surface area contributed by atoms with Crippen LogP contribution >= 0.6 is 0 Å². The quantitative estimate of drug-likeness (QED) is 0.394. The minimum atomic E-state index is -0.349. The molecule has 1 amide bonds. The number of carbonyl (C=O) groups is 1. The second-order valence-corrected chi connectivity index (χ2v) is 7.98. The van der Waals surface area contributed by atoms with Crippen LogP contribution in [0.15, 0.2) is 48.9 Å². The van der Waals surface area contributed by atoms with Crippen LogP contribution in [0.2, 0.25) is 0 Å². The van der Waals surface area contributed by atoms with E-state index in [9.17, 15) is 9.18 Å². The van der Waals surface area contributed by atoms with Crippen LogP contribution < -0.4 is 16.4 Å². The zero-order valence-corrected chi connectivity index (χ0v) is 18.3. The summed E-state index contributed by atoms with van der Waals surface area (Å²) in [7, 11) is 0. The molecule has 0 saturated heterocycles. The number of anilines is 3. The summed E-state index contributed by atoms with van der Waals surface area (Å²) in [4.78, 5) is 24.7. The maximum absolute atomic E-state index is 13.4. The molecule has 10 heteroatoms. The highest BCUT2D eigenvalue weighted by Crippen LogP contribution is 2.38. The molecule has 4 N–H and O–H groups in total. The van der Waals surface area contributed by atoms with Gasteiger partial charge in [0.15, 0.2) is 0 Å². The Labute approximate surface area is 194 Å². The van der Waals surface area contributed by atoms with Gasteiger partial charge < -0.3 is 16.4 Å². The molecule has 3 aromatic heterocycles. The highest BCUT2D eigenvalue weighted by atomic mass is 19.1. The smallest absolute Gasteiger partial charge is 0.296 e. The number of benzene rings is 1. The molecule has 0 bridgehead atoms. The van der Waals surface area contributed by atoms with Gasteiger partial charge in [0.25, 0.3) is 5.91 Å². The Hall–Kier alpha value is -4.52. The number of carbonyl (C=O) groups excluding carboxylic acids is 1. The maximum Gasteiger partial charge on any atom is 0.296 e. The van der Waals surface area contributed by atoms with Gasteiger partial charge in [-0.3, -0.25) is 9.48 Å². The molecule has 5 rings (SSSR count). The molecule has 1 saturated carbocycles. The number of nitrogens with zero attached hydrogens (tertiary/aromatic N) is 5. The molecule has 3 heterocycles. The molecule has 0 unspecified atom stereocenters. The van der Waals surface area contributed by atoms with Gasteiger partial charge in [-0.2, -0.15) is 5.10 Å². The summed E-state index contributed by atoms with van der Waals surface area (Å²) in [6.07, 6.45) is 6.41. The number of rotatable bonds is 5. The predicted molar refractivity (Wildman–Crippen MR) is 126 cm³/mol. The lowest BCUT2D eigenvalue weighted by atomic mass is 9.86. The fourth-order valence-corrected chi connectivity index (χ4v) is 4.04. The average Bonchev–Trinajstić information content (AvgIpc) is 3.17. The number of pyridine rings is 1. The van der Waals surface area contributed by atoms with Gasteiger partial charge in [0.05, 0.1) is 16.9 Å². The molecule has 34 heavy (non-hydrogen) atoms. The number of hydrogen-bond donors (Lipinski definition) is 3. The highest BCUT2D eigenvalue weighted by molar-refractivity contribution is 6.00. The molecule has 0 spiro atoms. The number of fused-ring (bicyclic) bond motifs is 1. The van der Waals surface area contributed by atoms with Crippen molar-refractivity contribution in [3.05, 3.63) is 54.7 Å². The van der Waals surface area contributed by atoms with Crippen LogP contribution in [0.25, 0.3) is 22.2 Å². The van der Waals surface area contributed by atoms with Crippen molar-refractivity contribution >= 4 is 34.3 Å². The van der Waals surface area contributed by atoms with Gasteiger partial charge in [0.1, 0.15) is 17.3 Å². The van der Waals surface area contributed by atoms with Crippen molar-refractivity contribution in [2.75, 3.05) is 11.1 Å². The second kappa shape index (κ2) is 8.78. The minimum absolute atomic E-state index is 0.0525. The Kier molecular flexibility index (Phi) is 5.51. The number of hydrogen-bond acceptors (Lipinski definition) is 7. The molecule has 0 atom stereocenters. The van der Waals surface area contributed by atoms with E-state index in [-0.39, 0.29) is 23.8 Å². The van der Waals surface area contributed by atoms with Crippen molar-refractivity contribution in [1.29, 1.82) is 0 Å². The fourth-order valence-electron chi connectivity index (χ4n) is 4.04. The van der Waals surface area contributed by atoms with Crippen molar-refractivity contribution in [3.63, 3.8) is 0 Å². The summed E-state index contributed by atoms with van der Waals surface area (Å²) < 4.78 is 15.4. The summed E-state index contributed by atoms with van der Waals surface area (Å²) >= 11 is 0. The highest BCUT2D eigenvalue weighted by Gasteiger charge is 2.34. The zero-order valence-electron chi connectivity index (χ0n) is 18.3. The third-order valence-electron chi connectivity index (χ3n) is 5.69. The van der Waals surface area contributed by atoms with E-state index in [0.717, 1.165) is 23.7 Å². The van der Waals surface area contributed by atoms with Crippen molar-refractivity contribution in [2.45, 2.75) is 31.8 Å². The first-order valence-electron chi connectivity index (χ1n) is 10.7. The molecule has 1 aliphatic rings. The van der Waals surface area contributed by atoms with Crippen LogP contribution in [0.3, 0.4) is 0 Å². The molecule has 170 valence electrons. The molecular weight excluding hydrogens is 435 g/mol. The van der Waals surface area contributed by atoms with E-state index in [2.05, 4.69) is 37.4 Å². The first kappa shape index (κ1) is 21.3. The Morgan fingerprint density at radius 1 is 1.21 bits per heavy atom. The molecule has 1 aromatic carbocycles. The number of nitrogen functional groups attached to an aromatic ring is 1. The van der Waals surface area contributed by atoms with Gasteiger partial charge in [-0.25, -0.2) is 19.3 Å². The molecule has 9 nitrogen and oxygen atoms in total. The van der Waals surface area contributed by atoms with E-state index in [1.807, 2.05) is 10.7 Å². The van der Waals surface area contributed by atoms with Crippen LogP contribution in [-0.4, -0.2) is 36.7 Å². The number of nitrogens with two attached hydrogens (primary N) is 1. The average molecular weight is 456 g/mol. The van der Waals surface area contributed by atoms with E-state index >= 15 is 0 Å². The standard InChI is InChI=1S/C24H21FN8O/c1-2-4-20(34)30-17-10-18(11-17)33-19-7-8-27-23(26)21(19)22(32-33)14-12-28-24(29-13-14)31-16-6-3-5-15(25)9-16/h3,5-9,12-13,17-18H,10-11H2,1H3,(H2,26,27)(H,30,34)(H,28,29,31)/t17-,18+. The summed E-state index contributed by atoms with van der Waals surface area (Å²) in [5.74, 6) is 5.18. The summed E-state index contributed by atoms with van der Waals surface area (Å²) in [5, 5.41) is 11.4. The molecule has 4 aromatic rings. The Balaban J connectivity index is 1.41. The molecule has 1 fully saturated rings. The Bertz CT molecular complexity index is 1430. The first-order valence-corrected chi connectivity index (χ1v) is 10.7. The summed E-state index contributed by atoms with van der Waals surface area (Å²) in [6.45, 7) is 1.63. The molecule has 0 aliphatic heterocycles. The van der Waals surface area contributed by atoms with Gasteiger partial charge in [-0.15, -0.1) is 0 Å². The van der Waals surface area contributed by atoms with Crippen molar-refractivity contribution in [3.8, 4) is 23.1 Å². The second-order valence-electron chi connectivity index (χ2n) is 7.98. The topological polar surface area (TPSA) is 124 Å². The largest absolute Gasteiger partial charge is 0.383 e. The van der Waals surface area contributed by atoms with Gasteiger partial charge in [-0.1, -0.05) is 12.0 Å². The number of nitrogens with one attached hydrogen (secondary N) is 2. The van der Waals surface area contributed by atoms with E-state index in [1.165, 1.54) is 12.1 Å². The number of amides is 1. The first-order chi connectivity index (χ1) is 16.5. The molecular formula is C24H21FN8O. The van der Waals surface area contributed by atoms with Crippen molar-refractivity contribution in [1.82, 2.24) is 30.0 Å². The van der Waals surface area contributed by atoms with Crippen LogP contribution in [0.1, 0.15) is 25.8 Å². The monoisotopic (exact) mass is 456 g/mol. The van der Waals surface area contributed by atoms with Crippen LogP contribution in [-0.2, 0) is 4.79 Å². The van der Waals surface area contributed by atoms with Gasteiger partial charge in [0, 0.05) is 35.9 Å². The van der Waals surface area contributed by atoms with E-state index < -0.39 is 0 Å². The molecule has 0 radical (unpaired) electrons. The number of aromatic nitrogens is 5. The third kappa shape index (κ3) is 4.11. The van der Waals surface area contributed by atoms with Crippen molar-refractivity contribution in [2.24, 2.45) is 0 Å². The van der Waals surface area contributed by atoms with E-state index in [1.54, 1.807) is 37.6 Å². The summed E-state index contributed by atoms with van der Waals surface area (Å²) in [5.41, 5.74) is 8.92. The lowest BCUT2D eigenvalue weighted by Gasteiger charge is -2.35. The van der Waals surface area contributed by atoms with Gasteiger partial charge in [-0.05, 0) is 50.0 Å².